The quantitative estimate of drug-likeness (QED) is 0.346. The van der Waals surface area contributed by atoms with E-state index >= 15 is 0 Å². The van der Waals surface area contributed by atoms with E-state index in [1.807, 2.05) is 6.26 Å². The molecule has 0 amide bonds. The molecule has 0 aromatic rings. The van der Waals surface area contributed by atoms with Gasteiger partial charge < -0.3 is 14.6 Å². The Labute approximate surface area is 100 Å². The summed E-state index contributed by atoms with van der Waals surface area (Å²) in [6.45, 7) is 2.48. The van der Waals surface area contributed by atoms with Gasteiger partial charge in [-0.1, -0.05) is 0 Å². The molecule has 1 N–H and O–H groups in total. The predicted octanol–water partition coefficient (Wildman–Crippen LogP) is -2.62. The first kappa shape index (κ1) is 15.7. The molecule has 0 aromatic heterocycles. The van der Waals surface area contributed by atoms with E-state index in [1.165, 1.54) is 0 Å². The van der Waals surface area contributed by atoms with Crippen LogP contribution in [-0.2, 0) is 9.47 Å². The Morgan fingerprint density at radius 3 is 2.17 bits per heavy atom. The first-order valence-corrected chi connectivity index (χ1v) is 5.06. The van der Waals surface area contributed by atoms with Crippen LogP contribution in [0.3, 0.4) is 0 Å². The fourth-order valence-electron chi connectivity index (χ4n) is 0.529. The van der Waals surface area contributed by atoms with Gasteiger partial charge in [-0.15, -0.1) is 0 Å². The summed E-state index contributed by atoms with van der Waals surface area (Å²) in [6, 6.07) is 0. The van der Waals surface area contributed by atoms with Crippen LogP contribution in [0.1, 0.15) is 0 Å². The molecule has 3 nitrogen and oxygen atoms in total. The molecule has 0 spiro atoms. The summed E-state index contributed by atoms with van der Waals surface area (Å²) in [5.41, 5.74) is 0. The molecule has 0 unspecified atom stereocenters. The summed E-state index contributed by atoms with van der Waals surface area (Å²) in [5.74, 6) is 1.03. The molecule has 0 aliphatic rings. The summed E-state index contributed by atoms with van der Waals surface area (Å²) in [7, 11) is 0. The molecule has 0 aromatic carbocycles. The summed E-state index contributed by atoms with van der Waals surface area (Å²) < 4.78 is 10.2. The third-order valence-electron chi connectivity index (χ3n) is 1.04. The molecule has 0 radical (unpaired) electrons. The first-order valence-electron chi connectivity index (χ1n) is 3.67. The number of hydrogen-bond acceptors (Lipinski definition) is 4. The molecule has 68 valence electrons. The van der Waals surface area contributed by atoms with Crippen molar-refractivity contribution >= 4 is 11.8 Å². The Morgan fingerprint density at radius 2 is 1.67 bits per heavy atom. The van der Waals surface area contributed by atoms with Gasteiger partial charge >= 0.3 is 29.6 Å². The largest absolute Gasteiger partial charge is 1.00 e. The van der Waals surface area contributed by atoms with E-state index in [-0.39, 0.29) is 36.2 Å². The molecule has 0 bridgehead atoms. The molecular weight excluding hydrogens is 187 g/mol. The van der Waals surface area contributed by atoms with E-state index in [0.717, 1.165) is 12.4 Å². The number of thioether (sulfide) groups is 1. The zero-order valence-corrected chi connectivity index (χ0v) is 10.7. The summed E-state index contributed by atoms with van der Waals surface area (Å²) in [4.78, 5) is 0. The van der Waals surface area contributed by atoms with Crippen LogP contribution in [0.2, 0.25) is 0 Å². The fourth-order valence-corrected chi connectivity index (χ4v) is 0.813. The number of ether oxygens (including phenoxy) is 2. The Kier molecular flexibility index (Phi) is 19.3. The van der Waals surface area contributed by atoms with Crippen molar-refractivity contribution in [3.05, 3.63) is 0 Å². The van der Waals surface area contributed by atoms with Crippen molar-refractivity contribution in [2.24, 2.45) is 0 Å². The number of rotatable bonds is 8. The van der Waals surface area contributed by atoms with E-state index in [2.05, 4.69) is 0 Å². The molecule has 0 fully saturated rings. The Hall–Kier alpha value is 1.23. The third kappa shape index (κ3) is 13.8. The molecule has 0 saturated carbocycles. The van der Waals surface area contributed by atoms with Gasteiger partial charge in [0.25, 0.3) is 0 Å². The molecule has 12 heavy (non-hydrogen) atoms. The fraction of sp³-hybridized carbons (Fsp3) is 1.00. The monoisotopic (exact) mass is 203 g/mol. The first-order chi connectivity index (χ1) is 5.41. The maximum absolute atomic E-state index is 8.34. The zero-order valence-electron chi connectivity index (χ0n) is 7.91. The molecule has 0 aliphatic carbocycles. The van der Waals surface area contributed by atoms with Gasteiger partial charge in [-0.3, -0.25) is 0 Å². The Bertz CT molecular complexity index is 67.7. The second-order valence-corrected chi connectivity index (χ2v) is 2.93. The molecule has 0 aliphatic heterocycles. The topological polar surface area (TPSA) is 38.7 Å². The average Bonchev–Trinajstić information content (AvgIpc) is 2.03. The number of hydrogen-bond donors (Lipinski definition) is 1. The predicted molar refractivity (Wildman–Crippen MR) is 47.1 cm³/mol. The van der Waals surface area contributed by atoms with Crippen molar-refractivity contribution < 1.29 is 44.1 Å². The Balaban J connectivity index is 0. The molecule has 0 rings (SSSR count). The summed E-state index contributed by atoms with van der Waals surface area (Å²) in [5, 5.41) is 8.34. The SMILES string of the molecule is CSCCOCCOCCO.[Na+]. The van der Waals surface area contributed by atoms with Gasteiger partial charge in [0.2, 0.25) is 0 Å². The maximum Gasteiger partial charge on any atom is 1.00 e. The van der Waals surface area contributed by atoms with Crippen molar-refractivity contribution in [2.45, 2.75) is 0 Å². The van der Waals surface area contributed by atoms with Gasteiger partial charge in [0, 0.05) is 5.75 Å². The maximum atomic E-state index is 8.34. The van der Waals surface area contributed by atoms with E-state index in [9.17, 15) is 0 Å². The smallest absolute Gasteiger partial charge is 0.394 e. The molecule has 0 atom stereocenters. The van der Waals surface area contributed by atoms with Crippen molar-refractivity contribution in [1.29, 1.82) is 0 Å². The van der Waals surface area contributed by atoms with Gasteiger partial charge in [0.05, 0.1) is 33.0 Å². The van der Waals surface area contributed by atoms with Crippen LogP contribution < -0.4 is 29.6 Å². The minimum atomic E-state index is 0. The average molecular weight is 203 g/mol. The standard InChI is InChI=1S/C7H16O3S.Na/c1-11-7-6-10-5-4-9-3-2-8;/h8H,2-7H2,1H3;/q;+1. The van der Waals surface area contributed by atoms with Gasteiger partial charge in [0.15, 0.2) is 0 Å². The number of aliphatic hydroxyl groups excluding tert-OH is 1. The summed E-state index contributed by atoms with van der Waals surface area (Å²) in [6.07, 6.45) is 2.05. The number of aliphatic hydroxyl groups is 1. The van der Waals surface area contributed by atoms with Crippen LogP contribution in [0, 0.1) is 0 Å². The zero-order chi connectivity index (χ0) is 8.36. The molecule has 5 heteroatoms. The van der Waals surface area contributed by atoms with E-state index in [0.29, 0.717) is 19.8 Å². The van der Waals surface area contributed by atoms with Crippen LogP contribution in [0.4, 0.5) is 0 Å². The van der Waals surface area contributed by atoms with Crippen LogP contribution in [0.5, 0.6) is 0 Å². The van der Waals surface area contributed by atoms with Gasteiger partial charge in [-0.2, -0.15) is 11.8 Å². The van der Waals surface area contributed by atoms with Crippen molar-refractivity contribution in [1.82, 2.24) is 0 Å². The minimum Gasteiger partial charge on any atom is -0.394 e. The molecule has 0 heterocycles. The van der Waals surface area contributed by atoms with Crippen LogP contribution in [0.25, 0.3) is 0 Å². The normalized spacial score (nSPS) is 9.50. The van der Waals surface area contributed by atoms with E-state index in [4.69, 9.17) is 14.6 Å². The van der Waals surface area contributed by atoms with Crippen molar-refractivity contribution in [3.8, 4) is 0 Å². The van der Waals surface area contributed by atoms with E-state index < -0.39 is 0 Å². The van der Waals surface area contributed by atoms with Gasteiger partial charge in [-0.05, 0) is 6.26 Å². The minimum absolute atomic E-state index is 0. The Morgan fingerprint density at radius 1 is 1.08 bits per heavy atom. The van der Waals surface area contributed by atoms with Gasteiger partial charge in [-0.25, -0.2) is 0 Å². The van der Waals surface area contributed by atoms with Crippen molar-refractivity contribution in [3.63, 3.8) is 0 Å². The van der Waals surface area contributed by atoms with E-state index in [1.54, 1.807) is 11.8 Å². The molecule has 0 saturated heterocycles. The van der Waals surface area contributed by atoms with Crippen LogP contribution in [0.15, 0.2) is 0 Å². The summed E-state index contributed by atoms with van der Waals surface area (Å²) >= 11 is 1.76. The van der Waals surface area contributed by atoms with Gasteiger partial charge in [0.1, 0.15) is 0 Å². The van der Waals surface area contributed by atoms with Crippen molar-refractivity contribution in [2.75, 3.05) is 45.0 Å². The van der Waals surface area contributed by atoms with Crippen LogP contribution in [-0.4, -0.2) is 50.1 Å². The second kappa shape index (κ2) is 14.7. The second-order valence-electron chi connectivity index (χ2n) is 1.94. The van der Waals surface area contributed by atoms with Crippen LogP contribution >= 0.6 is 11.8 Å². The third-order valence-corrected chi connectivity index (χ3v) is 1.61. The molecular formula is C7H16NaO3S+.